The highest BCUT2D eigenvalue weighted by atomic mass is 15.2. The van der Waals surface area contributed by atoms with Crippen molar-refractivity contribution < 1.29 is 0 Å². The van der Waals surface area contributed by atoms with Gasteiger partial charge in [0.05, 0.1) is 0 Å². The van der Waals surface area contributed by atoms with Crippen molar-refractivity contribution in [1.29, 1.82) is 0 Å². The standard InChI is InChI=1S/C15H24N2/c1-10(2)7-17-8-14(9-17)13-5-11(3)15(16)12(4)6-13/h5-6,10,14H,7-9,16H2,1-4H3. The first-order valence-corrected chi connectivity index (χ1v) is 6.56. The number of hydrogen-bond acceptors (Lipinski definition) is 2. The van der Waals surface area contributed by atoms with Gasteiger partial charge in [0.25, 0.3) is 0 Å². The Morgan fingerprint density at radius 1 is 1.24 bits per heavy atom. The van der Waals surface area contributed by atoms with Crippen molar-refractivity contribution in [1.82, 2.24) is 4.90 Å². The monoisotopic (exact) mass is 232 g/mol. The molecule has 2 heteroatoms. The van der Waals surface area contributed by atoms with Crippen LogP contribution in [0.1, 0.15) is 36.5 Å². The van der Waals surface area contributed by atoms with Gasteiger partial charge >= 0.3 is 0 Å². The lowest BCUT2D eigenvalue weighted by Crippen LogP contribution is -2.46. The number of aryl methyl sites for hydroxylation is 2. The zero-order valence-electron chi connectivity index (χ0n) is 11.5. The molecule has 0 amide bonds. The zero-order chi connectivity index (χ0) is 12.6. The summed E-state index contributed by atoms with van der Waals surface area (Å²) in [6.07, 6.45) is 0. The van der Waals surface area contributed by atoms with Crippen molar-refractivity contribution in [2.45, 2.75) is 33.6 Å². The fourth-order valence-electron chi connectivity index (χ4n) is 2.69. The SMILES string of the molecule is Cc1cc(C2CN(CC(C)C)C2)cc(C)c1N. The van der Waals surface area contributed by atoms with E-state index in [1.807, 2.05) is 0 Å². The number of anilines is 1. The van der Waals surface area contributed by atoms with Crippen LogP contribution in [0.25, 0.3) is 0 Å². The van der Waals surface area contributed by atoms with Gasteiger partial charge in [-0.3, -0.25) is 0 Å². The minimum Gasteiger partial charge on any atom is -0.398 e. The minimum atomic E-state index is 0.715. The molecule has 0 spiro atoms. The Bertz CT molecular complexity index is 380. The Kier molecular flexibility index (Phi) is 3.43. The fraction of sp³-hybridized carbons (Fsp3) is 0.600. The lowest BCUT2D eigenvalue weighted by atomic mass is 9.88. The molecule has 0 bridgehead atoms. The molecule has 2 nitrogen and oxygen atoms in total. The third kappa shape index (κ3) is 2.63. The van der Waals surface area contributed by atoms with Crippen molar-refractivity contribution in [3.05, 3.63) is 28.8 Å². The molecule has 1 aliphatic rings. The molecular formula is C15H24N2. The number of rotatable bonds is 3. The van der Waals surface area contributed by atoms with Gasteiger partial charge in [0.1, 0.15) is 0 Å². The molecule has 1 aromatic carbocycles. The van der Waals surface area contributed by atoms with Crippen LogP contribution in [0.5, 0.6) is 0 Å². The number of nitrogens with two attached hydrogens (primary N) is 1. The first-order valence-electron chi connectivity index (χ1n) is 6.56. The van der Waals surface area contributed by atoms with Gasteiger partial charge in [0.15, 0.2) is 0 Å². The summed E-state index contributed by atoms with van der Waals surface area (Å²) in [6, 6.07) is 4.53. The molecule has 2 N–H and O–H groups in total. The van der Waals surface area contributed by atoms with E-state index in [-0.39, 0.29) is 0 Å². The summed E-state index contributed by atoms with van der Waals surface area (Å²) < 4.78 is 0. The van der Waals surface area contributed by atoms with Crippen LogP contribution in [0.15, 0.2) is 12.1 Å². The van der Waals surface area contributed by atoms with E-state index in [4.69, 9.17) is 5.73 Å². The van der Waals surface area contributed by atoms with Crippen LogP contribution in [0.2, 0.25) is 0 Å². The first kappa shape index (κ1) is 12.4. The van der Waals surface area contributed by atoms with Crippen LogP contribution in [-0.4, -0.2) is 24.5 Å². The normalized spacial score (nSPS) is 17.5. The molecule has 94 valence electrons. The fourth-order valence-corrected chi connectivity index (χ4v) is 2.69. The number of nitrogens with zero attached hydrogens (tertiary/aromatic N) is 1. The van der Waals surface area contributed by atoms with E-state index in [1.165, 1.54) is 36.3 Å². The molecule has 1 aromatic rings. The molecule has 0 saturated carbocycles. The van der Waals surface area contributed by atoms with Crippen molar-refractivity contribution in [2.75, 3.05) is 25.4 Å². The molecule has 1 aliphatic heterocycles. The molecule has 2 rings (SSSR count). The van der Waals surface area contributed by atoms with E-state index < -0.39 is 0 Å². The van der Waals surface area contributed by atoms with Gasteiger partial charge in [0.2, 0.25) is 0 Å². The van der Waals surface area contributed by atoms with Crippen LogP contribution in [0, 0.1) is 19.8 Å². The molecule has 1 saturated heterocycles. The lowest BCUT2D eigenvalue weighted by molar-refractivity contribution is 0.131. The average molecular weight is 232 g/mol. The van der Waals surface area contributed by atoms with Gasteiger partial charge in [-0.15, -0.1) is 0 Å². The van der Waals surface area contributed by atoms with E-state index in [9.17, 15) is 0 Å². The summed E-state index contributed by atoms with van der Waals surface area (Å²) in [5.74, 6) is 1.48. The molecule has 17 heavy (non-hydrogen) atoms. The second-order valence-electron chi connectivity index (χ2n) is 5.88. The Labute approximate surface area is 105 Å². The maximum atomic E-state index is 5.99. The van der Waals surface area contributed by atoms with Crippen molar-refractivity contribution in [3.8, 4) is 0 Å². The quantitative estimate of drug-likeness (QED) is 0.812. The molecule has 0 radical (unpaired) electrons. The summed E-state index contributed by atoms with van der Waals surface area (Å²) in [7, 11) is 0. The van der Waals surface area contributed by atoms with Crippen LogP contribution < -0.4 is 5.73 Å². The minimum absolute atomic E-state index is 0.715. The topological polar surface area (TPSA) is 29.3 Å². The van der Waals surface area contributed by atoms with E-state index in [0.717, 1.165) is 11.6 Å². The Balaban J connectivity index is 2.02. The molecule has 0 unspecified atom stereocenters. The third-order valence-corrected chi connectivity index (χ3v) is 3.67. The largest absolute Gasteiger partial charge is 0.398 e. The highest BCUT2D eigenvalue weighted by molar-refractivity contribution is 5.55. The van der Waals surface area contributed by atoms with Gasteiger partial charge in [-0.25, -0.2) is 0 Å². The van der Waals surface area contributed by atoms with Crippen molar-refractivity contribution in [3.63, 3.8) is 0 Å². The molecule has 0 aliphatic carbocycles. The molecule has 1 fully saturated rings. The first-order chi connectivity index (χ1) is 7.97. The van der Waals surface area contributed by atoms with Crippen LogP contribution in [0.3, 0.4) is 0 Å². The molecule has 0 atom stereocenters. The maximum absolute atomic E-state index is 5.99. The number of benzene rings is 1. The Morgan fingerprint density at radius 2 is 1.76 bits per heavy atom. The Morgan fingerprint density at radius 3 is 2.24 bits per heavy atom. The van der Waals surface area contributed by atoms with Crippen molar-refractivity contribution >= 4 is 5.69 Å². The van der Waals surface area contributed by atoms with E-state index in [2.05, 4.69) is 44.7 Å². The van der Waals surface area contributed by atoms with Gasteiger partial charge < -0.3 is 10.6 Å². The van der Waals surface area contributed by atoms with Crippen LogP contribution in [-0.2, 0) is 0 Å². The number of hydrogen-bond donors (Lipinski definition) is 1. The second kappa shape index (κ2) is 4.69. The maximum Gasteiger partial charge on any atom is 0.0373 e. The van der Waals surface area contributed by atoms with Crippen LogP contribution >= 0.6 is 0 Å². The van der Waals surface area contributed by atoms with E-state index in [0.29, 0.717) is 5.92 Å². The average Bonchev–Trinajstić information content (AvgIpc) is 2.18. The highest BCUT2D eigenvalue weighted by Crippen LogP contribution is 2.30. The predicted octanol–water partition coefficient (Wildman–Crippen LogP) is 2.94. The summed E-state index contributed by atoms with van der Waals surface area (Å²) in [5.41, 5.74) is 10.9. The van der Waals surface area contributed by atoms with Crippen molar-refractivity contribution in [2.24, 2.45) is 5.92 Å². The summed E-state index contributed by atoms with van der Waals surface area (Å²) >= 11 is 0. The molecular weight excluding hydrogens is 208 g/mol. The smallest absolute Gasteiger partial charge is 0.0373 e. The van der Waals surface area contributed by atoms with Gasteiger partial charge in [-0.2, -0.15) is 0 Å². The number of nitrogen functional groups attached to an aromatic ring is 1. The summed E-state index contributed by atoms with van der Waals surface area (Å²) in [5, 5.41) is 0. The molecule has 1 heterocycles. The Hall–Kier alpha value is -1.02. The lowest BCUT2D eigenvalue weighted by Gasteiger charge is -2.41. The zero-order valence-corrected chi connectivity index (χ0v) is 11.5. The van der Waals surface area contributed by atoms with Gasteiger partial charge in [0, 0.05) is 31.2 Å². The summed E-state index contributed by atoms with van der Waals surface area (Å²) in [4.78, 5) is 2.54. The van der Waals surface area contributed by atoms with E-state index in [1.54, 1.807) is 0 Å². The van der Waals surface area contributed by atoms with Gasteiger partial charge in [-0.1, -0.05) is 26.0 Å². The highest BCUT2D eigenvalue weighted by Gasteiger charge is 2.28. The van der Waals surface area contributed by atoms with E-state index >= 15 is 0 Å². The van der Waals surface area contributed by atoms with Gasteiger partial charge in [-0.05, 0) is 36.5 Å². The summed E-state index contributed by atoms with van der Waals surface area (Å²) in [6.45, 7) is 12.4. The van der Waals surface area contributed by atoms with Crippen LogP contribution in [0.4, 0.5) is 5.69 Å². The third-order valence-electron chi connectivity index (χ3n) is 3.67. The second-order valence-corrected chi connectivity index (χ2v) is 5.88. The molecule has 0 aromatic heterocycles. The predicted molar refractivity (Wildman–Crippen MR) is 74.3 cm³/mol. The number of likely N-dealkylation sites (tertiary alicyclic amines) is 1.